The Bertz CT molecular complexity index is 1110. The fourth-order valence-corrected chi connectivity index (χ4v) is 4.51. The Morgan fingerprint density at radius 3 is 2.69 bits per heavy atom. The summed E-state index contributed by atoms with van der Waals surface area (Å²) < 4.78 is 20.9. The van der Waals surface area contributed by atoms with Crippen LogP contribution in [0.3, 0.4) is 0 Å². The molecule has 0 spiro atoms. The first kappa shape index (κ1) is 25.1. The van der Waals surface area contributed by atoms with Crippen molar-refractivity contribution in [3.8, 4) is 0 Å². The maximum atomic E-state index is 13.4. The monoisotopic (exact) mass is 483 g/mol. The molecule has 1 saturated heterocycles. The van der Waals surface area contributed by atoms with Gasteiger partial charge in [0, 0.05) is 45.2 Å². The average molecular weight is 484 g/mol. The van der Waals surface area contributed by atoms with Crippen molar-refractivity contribution in [3.63, 3.8) is 0 Å². The lowest BCUT2D eigenvalue weighted by molar-refractivity contribution is 0.0743. The molecule has 0 radical (unpaired) electrons. The third-order valence-corrected chi connectivity index (χ3v) is 6.54. The van der Waals surface area contributed by atoms with Crippen LogP contribution in [0.25, 0.3) is 0 Å². The number of amides is 2. The van der Waals surface area contributed by atoms with E-state index in [4.69, 9.17) is 4.74 Å². The van der Waals surface area contributed by atoms with Gasteiger partial charge in [0.1, 0.15) is 16.9 Å². The molecule has 1 aliphatic carbocycles. The van der Waals surface area contributed by atoms with Crippen molar-refractivity contribution in [3.05, 3.63) is 69.4 Å². The summed E-state index contributed by atoms with van der Waals surface area (Å²) in [5.74, 6) is -0.695. The van der Waals surface area contributed by atoms with Crippen LogP contribution in [0.1, 0.15) is 65.3 Å². The minimum atomic E-state index is -0.557. The van der Waals surface area contributed by atoms with Gasteiger partial charge in [-0.3, -0.25) is 14.4 Å². The number of pyridine rings is 1. The molecular formula is C27H34FN3O4. The predicted molar refractivity (Wildman–Crippen MR) is 131 cm³/mol. The fraction of sp³-hybridized carbons (Fsp3) is 0.519. The molecule has 2 heterocycles. The van der Waals surface area contributed by atoms with Crippen molar-refractivity contribution in [2.24, 2.45) is 5.92 Å². The molecule has 1 aromatic heterocycles. The summed E-state index contributed by atoms with van der Waals surface area (Å²) >= 11 is 0. The van der Waals surface area contributed by atoms with E-state index in [1.54, 1.807) is 27.8 Å². The van der Waals surface area contributed by atoms with Gasteiger partial charge in [-0.2, -0.15) is 0 Å². The van der Waals surface area contributed by atoms with Crippen molar-refractivity contribution in [1.29, 1.82) is 0 Å². The molecule has 2 aromatic rings. The van der Waals surface area contributed by atoms with E-state index in [1.807, 2.05) is 6.92 Å². The highest BCUT2D eigenvalue weighted by atomic mass is 19.1. The first-order valence-electron chi connectivity index (χ1n) is 12.6. The van der Waals surface area contributed by atoms with Crippen molar-refractivity contribution in [2.75, 3.05) is 26.2 Å². The number of aromatic nitrogens is 1. The quantitative estimate of drug-likeness (QED) is 0.531. The molecule has 188 valence electrons. The van der Waals surface area contributed by atoms with Crippen LogP contribution in [-0.4, -0.2) is 53.6 Å². The Hall–Kier alpha value is -3.00. The number of hydrogen-bond donors (Lipinski definition) is 1. The molecule has 1 saturated carbocycles. The molecule has 1 atom stereocenters. The van der Waals surface area contributed by atoms with Gasteiger partial charge in [-0.15, -0.1) is 0 Å². The highest BCUT2D eigenvalue weighted by molar-refractivity contribution is 5.99. The minimum Gasteiger partial charge on any atom is -0.376 e. The molecule has 1 aromatic carbocycles. The average Bonchev–Trinajstić information content (AvgIpc) is 3.51. The lowest BCUT2D eigenvalue weighted by Crippen LogP contribution is -2.39. The van der Waals surface area contributed by atoms with E-state index in [0.29, 0.717) is 38.6 Å². The first-order valence-corrected chi connectivity index (χ1v) is 12.6. The largest absolute Gasteiger partial charge is 0.376 e. The molecular weight excluding hydrogens is 449 g/mol. The van der Waals surface area contributed by atoms with Crippen molar-refractivity contribution < 1.29 is 18.7 Å². The van der Waals surface area contributed by atoms with Crippen molar-refractivity contribution >= 4 is 11.8 Å². The molecule has 2 aliphatic rings. The molecule has 35 heavy (non-hydrogen) atoms. The topological polar surface area (TPSA) is 80.6 Å². The number of ether oxygens (including phenoxy) is 1. The summed E-state index contributed by atoms with van der Waals surface area (Å²) in [5, 5.41) is 2.76. The zero-order valence-corrected chi connectivity index (χ0v) is 20.3. The highest BCUT2D eigenvalue weighted by Gasteiger charge is 2.29. The summed E-state index contributed by atoms with van der Waals surface area (Å²) in [6, 6.07) is 6.19. The van der Waals surface area contributed by atoms with E-state index < -0.39 is 11.3 Å². The summed E-state index contributed by atoms with van der Waals surface area (Å²) in [5.41, 5.74) is 0.157. The van der Waals surface area contributed by atoms with E-state index in [0.717, 1.165) is 37.7 Å². The van der Waals surface area contributed by atoms with Crippen LogP contribution < -0.4 is 10.7 Å². The van der Waals surface area contributed by atoms with Gasteiger partial charge in [-0.05, 0) is 62.1 Å². The Balaban J connectivity index is 1.55. The third kappa shape index (κ3) is 6.78. The minimum absolute atomic E-state index is 0.0115. The zero-order valence-electron chi connectivity index (χ0n) is 20.3. The Morgan fingerprint density at radius 1 is 1.20 bits per heavy atom. The summed E-state index contributed by atoms with van der Waals surface area (Å²) in [7, 11) is 0. The molecule has 1 N–H and O–H groups in total. The van der Waals surface area contributed by atoms with Gasteiger partial charge in [-0.25, -0.2) is 4.39 Å². The van der Waals surface area contributed by atoms with Crippen LogP contribution >= 0.6 is 0 Å². The molecule has 2 amide bonds. The van der Waals surface area contributed by atoms with E-state index in [1.165, 1.54) is 18.3 Å². The lowest BCUT2D eigenvalue weighted by Gasteiger charge is -2.23. The zero-order chi connectivity index (χ0) is 24.8. The first-order chi connectivity index (χ1) is 16.9. The molecule has 1 aliphatic heterocycles. The molecule has 8 heteroatoms. The standard InChI is InChI=1S/C27H34FN3O4/c1-2-12-31(15-20-8-9-20)27(34)24-18-30(16-22-7-4-13-35-22)17-23(25(24)32)26(33)29-11-10-19-5-3-6-21(28)14-19/h3,5-6,14,17-18,20,22H,2,4,7-13,15-16H2,1H3,(H,29,33). The molecule has 7 nitrogen and oxygen atoms in total. The number of benzene rings is 1. The summed E-state index contributed by atoms with van der Waals surface area (Å²) in [6.45, 7) is 4.63. The maximum Gasteiger partial charge on any atom is 0.259 e. The van der Waals surface area contributed by atoms with Crippen LogP contribution in [0.5, 0.6) is 0 Å². The van der Waals surface area contributed by atoms with Crippen LogP contribution in [0.4, 0.5) is 4.39 Å². The van der Waals surface area contributed by atoms with Crippen molar-refractivity contribution in [2.45, 2.75) is 58.1 Å². The Kier molecular flexibility index (Phi) is 8.33. The number of nitrogens with one attached hydrogen (secondary N) is 1. The van der Waals surface area contributed by atoms with Crippen LogP contribution in [0.2, 0.25) is 0 Å². The number of nitrogens with zero attached hydrogens (tertiary/aromatic N) is 2. The number of rotatable bonds is 11. The van der Waals surface area contributed by atoms with E-state index in [2.05, 4.69) is 5.32 Å². The van der Waals surface area contributed by atoms with E-state index in [-0.39, 0.29) is 35.5 Å². The highest BCUT2D eigenvalue weighted by Crippen LogP contribution is 2.30. The van der Waals surface area contributed by atoms with Gasteiger partial charge < -0.3 is 19.5 Å². The van der Waals surface area contributed by atoms with Gasteiger partial charge in [-0.1, -0.05) is 19.1 Å². The third-order valence-electron chi connectivity index (χ3n) is 6.54. The van der Waals surface area contributed by atoms with Crippen LogP contribution in [0, 0.1) is 11.7 Å². The smallest absolute Gasteiger partial charge is 0.259 e. The molecule has 0 bridgehead atoms. The molecule has 2 fully saturated rings. The number of halogens is 1. The van der Waals surface area contributed by atoms with Gasteiger partial charge in [0.25, 0.3) is 11.8 Å². The Morgan fingerprint density at radius 2 is 2.00 bits per heavy atom. The summed E-state index contributed by atoms with van der Waals surface area (Å²) in [6.07, 6.45) is 8.37. The second kappa shape index (κ2) is 11.6. The second-order valence-electron chi connectivity index (χ2n) is 9.58. The van der Waals surface area contributed by atoms with E-state index in [9.17, 15) is 18.8 Å². The second-order valence-corrected chi connectivity index (χ2v) is 9.58. The van der Waals surface area contributed by atoms with Crippen LogP contribution in [0.15, 0.2) is 41.5 Å². The van der Waals surface area contributed by atoms with Gasteiger partial charge in [0.05, 0.1) is 6.10 Å². The predicted octanol–water partition coefficient (Wildman–Crippen LogP) is 3.40. The molecule has 4 rings (SSSR count). The SMILES string of the molecule is CCCN(CC1CC1)C(=O)c1cn(CC2CCCO2)cc(C(=O)NCCc2cccc(F)c2)c1=O. The van der Waals surface area contributed by atoms with Gasteiger partial charge in [0.2, 0.25) is 5.43 Å². The number of carbonyl (C=O) groups is 2. The van der Waals surface area contributed by atoms with E-state index >= 15 is 0 Å². The normalized spacial score (nSPS) is 17.4. The number of carbonyl (C=O) groups excluding carboxylic acids is 2. The van der Waals surface area contributed by atoms with Gasteiger partial charge in [0.15, 0.2) is 0 Å². The fourth-order valence-electron chi connectivity index (χ4n) is 4.51. The number of hydrogen-bond acceptors (Lipinski definition) is 4. The van der Waals surface area contributed by atoms with Crippen LogP contribution in [-0.2, 0) is 17.7 Å². The van der Waals surface area contributed by atoms with Gasteiger partial charge >= 0.3 is 0 Å². The maximum absolute atomic E-state index is 13.4. The summed E-state index contributed by atoms with van der Waals surface area (Å²) in [4.78, 5) is 41.5. The molecule has 1 unspecified atom stereocenters. The Labute approximate surface area is 205 Å². The van der Waals surface area contributed by atoms with Crippen molar-refractivity contribution in [1.82, 2.24) is 14.8 Å². The lowest BCUT2D eigenvalue weighted by atomic mass is 10.1.